The summed E-state index contributed by atoms with van der Waals surface area (Å²) in [6, 6.07) is 3.06. The van der Waals surface area contributed by atoms with Gasteiger partial charge in [0.25, 0.3) is 0 Å². The van der Waals surface area contributed by atoms with E-state index < -0.39 is 11.6 Å². The Morgan fingerprint density at radius 3 is 2.42 bits per heavy atom. The first kappa shape index (κ1) is 15.7. The van der Waals surface area contributed by atoms with Crippen LogP contribution in [-0.2, 0) is 4.74 Å². The highest BCUT2D eigenvalue weighted by Gasteiger charge is 2.13. The zero-order valence-electron chi connectivity index (χ0n) is 11.5. The second-order valence-electron chi connectivity index (χ2n) is 4.62. The molecule has 0 N–H and O–H groups in total. The molecular weight excluding hydrogens is 252 g/mol. The highest BCUT2D eigenvalue weighted by molar-refractivity contribution is 5.96. The minimum absolute atomic E-state index is 0.0743. The third kappa shape index (κ3) is 5.04. The molecule has 0 spiro atoms. The van der Waals surface area contributed by atoms with Gasteiger partial charge in [0.15, 0.2) is 5.78 Å². The average molecular weight is 271 g/mol. The number of nitrogens with zero attached hydrogens (tertiary/aromatic N) is 1. The fourth-order valence-corrected chi connectivity index (χ4v) is 1.73. The van der Waals surface area contributed by atoms with Gasteiger partial charge >= 0.3 is 0 Å². The van der Waals surface area contributed by atoms with Crippen molar-refractivity contribution in [3.8, 4) is 0 Å². The lowest BCUT2D eigenvalue weighted by atomic mass is 10.1. The predicted octanol–water partition coefficient (Wildman–Crippen LogP) is 2.50. The maximum atomic E-state index is 13.0. The number of carbonyl (C=O) groups excluding carboxylic acids is 1. The molecule has 0 heterocycles. The minimum atomic E-state index is -0.732. The van der Waals surface area contributed by atoms with E-state index in [1.54, 1.807) is 7.11 Å². The number of likely N-dealkylation sites (N-methyl/N-ethyl adjacent to an activating group) is 1. The summed E-state index contributed by atoms with van der Waals surface area (Å²) < 4.78 is 31.0. The van der Waals surface area contributed by atoms with E-state index in [9.17, 15) is 13.6 Å². The number of rotatable bonds is 7. The molecule has 19 heavy (non-hydrogen) atoms. The summed E-state index contributed by atoms with van der Waals surface area (Å²) >= 11 is 0. The molecule has 1 unspecified atom stereocenters. The molecule has 0 saturated heterocycles. The third-order valence-corrected chi connectivity index (χ3v) is 3.04. The largest absolute Gasteiger partial charge is 0.383 e. The van der Waals surface area contributed by atoms with Crippen LogP contribution in [0, 0.1) is 11.6 Å². The molecule has 1 aromatic rings. The number of Topliss-reactive ketones (excluding diaryl/α,β-unsaturated/α-hetero) is 1. The molecule has 0 fully saturated rings. The van der Waals surface area contributed by atoms with E-state index in [1.807, 2.05) is 18.9 Å². The van der Waals surface area contributed by atoms with E-state index in [-0.39, 0.29) is 23.8 Å². The molecule has 106 valence electrons. The maximum Gasteiger partial charge on any atom is 0.164 e. The van der Waals surface area contributed by atoms with Crippen LogP contribution >= 0.6 is 0 Å². The summed E-state index contributed by atoms with van der Waals surface area (Å²) in [5, 5.41) is 0. The molecule has 0 radical (unpaired) electrons. The predicted molar refractivity (Wildman–Crippen MR) is 69.3 cm³/mol. The van der Waals surface area contributed by atoms with Crippen molar-refractivity contribution in [1.29, 1.82) is 0 Å². The molecule has 1 rings (SSSR count). The Kier molecular flexibility index (Phi) is 6.05. The van der Waals surface area contributed by atoms with E-state index in [0.717, 1.165) is 18.2 Å². The van der Waals surface area contributed by atoms with Gasteiger partial charge in [-0.05, 0) is 26.1 Å². The number of halogens is 2. The number of hydrogen-bond acceptors (Lipinski definition) is 3. The van der Waals surface area contributed by atoms with Crippen molar-refractivity contribution in [3.63, 3.8) is 0 Å². The molecule has 0 bridgehead atoms. The average Bonchev–Trinajstić information content (AvgIpc) is 2.34. The highest BCUT2D eigenvalue weighted by Crippen LogP contribution is 2.11. The van der Waals surface area contributed by atoms with E-state index in [0.29, 0.717) is 13.2 Å². The summed E-state index contributed by atoms with van der Waals surface area (Å²) in [5.74, 6) is -1.73. The Hall–Kier alpha value is -1.33. The number of ether oxygens (including phenoxy) is 1. The fraction of sp³-hybridized carbons (Fsp3) is 0.500. The SMILES string of the molecule is COCC(C)N(C)CCC(=O)c1cc(F)cc(F)c1. The van der Waals surface area contributed by atoms with Crippen molar-refractivity contribution in [2.45, 2.75) is 19.4 Å². The molecular formula is C14H19F2NO2. The van der Waals surface area contributed by atoms with Gasteiger partial charge in [0.05, 0.1) is 6.61 Å². The van der Waals surface area contributed by atoms with Crippen LogP contribution in [-0.4, -0.2) is 44.0 Å². The Morgan fingerprint density at radius 1 is 1.32 bits per heavy atom. The smallest absolute Gasteiger partial charge is 0.164 e. The number of benzene rings is 1. The van der Waals surface area contributed by atoms with Crippen molar-refractivity contribution in [1.82, 2.24) is 4.90 Å². The standard InChI is InChI=1S/C14H19F2NO2/c1-10(9-19-3)17(2)5-4-14(18)11-6-12(15)8-13(16)7-11/h6-8,10H,4-5,9H2,1-3H3. The molecule has 3 nitrogen and oxygen atoms in total. The van der Waals surface area contributed by atoms with Crippen LogP contribution < -0.4 is 0 Å². The molecule has 0 saturated carbocycles. The zero-order chi connectivity index (χ0) is 14.4. The number of methoxy groups -OCH3 is 1. The molecule has 0 aliphatic carbocycles. The lowest BCUT2D eigenvalue weighted by Gasteiger charge is -2.23. The van der Waals surface area contributed by atoms with Gasteiger partial charge in [-0.1, -0.05) is 0 Å². The third-order valence-electron chi connectivity index (χ3n) is 3.04. The number of carbonyl (C=O) groups is 1. The maximum absolute atomic E-state index is 13.0. The van der Waals surface area contributed by atoms with Crippen LogP contribution in [0.1, 0.15) is 23.7 Å². The van der Waals surface area contributed by atoms with Crippen LogP contribution in [0.5, 0.6) is 0 Å². The molecule has 5 heteroatoms. The van der Waals surface area contributed by atoms with Crippen LogP contribution in [0.25, 0.3) is 0 Å². The van der Waals surface area contributed by atoms with Crippen molar-refractivity contribution >= 4 is 5.78 Å². The zero-order valence-corrected chi connectivity index (χ0v) is 11.5. The van der Waals surface area contributed by atoms with Crippen molar-refractivity contribution < 1.29 is 18.3 Å². The Balaban J connectivity index is 2.55. The van der Waals surface area contributed by atoms with Crippen LogP contribution in [0.4, 0.5) is 8.78 Å². The van der Waals surface area contributed by atoms with Crippen LogP contribution in [0.3, 0.4) is 0 Å². The van der Waals surface area contributed by atoms with E-state index in [1.165, 1.54) is 0 Å². The Labute approximate surface area is 112 Å². The first-order valence-electron chi connectivity index (χ1n) is 6.12. The molecule has 0 aliphatic rings. The molecule has 0 aliphatic heterocycles. The Morgan fingerprint density at radius 2 is 1.89 bits per heavy atom. The molecule has 0 amide bonds. The lowest BCUT2D eigenvalue weighted by Crippen LogP contribution is -2.34. The van der Waals surface area contributed by atoms with Gasteiger partial charge in [-0.15, -0.1) is 0 Å². The highest BCUT2D eigenvalue weighted by atomic mass is 19.1. The van der Waals surface area contributed by atoms with Gasteiger partial charge < -0.3 is 9.64 Å². The summed E-state index contributed by atoms with van der Waals surface area (Å²) in [4.78, 5) is 13.8. The van der Waals surface area contributed by atoms with E-state index >= 15 is 0 Å². The van der Waals surface area contributed by atoms with Gasteiger partial charge in [-0.2, -0.15) is 0 Å². The van der Waals surface area contributed by atoms with Crippen molar-refractivity contribution in [2.24, 2.45) is 0 Å². The van der Waals surface area contributed by atoms with Gasteiger partial charge in [-0.25, -0.2) is 8.78 Å². The van der Waals surface area contributed by atoms with Crippen molar-refractivity contribution in [2.75, 3.05) is 27.3 Å². The Bertz CT molecular complexity index is 417. The van der Waals surface area contributed by atoms with Gasteiger partial charge in [-0.3, -0.25) is 4.79 Å². The van der Waals surface area contributed by atoms with Gasteiger partial charge in [0.1, 0.15) is 11.6 Å². The van der Waals surface area contributed by atoms with Gasteiger partial charge in [0.2, 0.25) is 0 Å². The summed E-state index contributed by atoms with van der Waals surface area (Å²) in [6.07, 6.45) is 0.216. The monoisotopic (exact) mass is 271 g/mol. The summed E-state index contributed by atoms with van der Waals surface area (Å²) in [6.45, 7) is 3.07. The fourth-order valence-electron chi connectivity index (χ4n) is 1.73. The minimum Gasteiger partial charge on any atom is -0.383 e. The van der Waals surface area contributed by atoms with E-state index in [4.69, 9.17) is 4.74 Å². The number of hydrogen-bond donors (Lipinski definition) is 0. The second-order valence-corrected chi connectivity index (χ2v) is 4.62. The second kappa shape index (κ2) is 7.31. The quantitative estimate of drug-likeness (QED) is 0.714. The molecule has 1 atom stereocenters. The normalized spacial score (nSPS) is 12.7. The van der Waals surface area contributed by atoms with Crippen LogP contribution in [0.15, 0.2) is 18.2 Å². The summed E-state index contributed by atoms with van der Waals surface area (Å²) in [5.41, 5.74) is 0.0743. The lowest BCUT2D eigenvalue weighted by molar-refractivity contribution is 0.0916. The van der Waals surface area contributed by atoms with E-state index in [2.05, 4.69) is 0 Å². The topological polar surface area (TPSA) is 29.5 Å². The first-order chi connectivity index (χ1) is 8.93. The summed E-state index contributed by atoms with van der Waals surface area (Å²) in [7, 11) is 3.49. The van der Waals surface area contributed by atoms with Gasteiger partial charge in [0, 0.05) is 37.7 Å². The molecule has 0 aromatic heterocycles. The first-order valence-corrected chi connectivity index (χ1v) is 6.12. The van der Waals surface area contributed by atoms with Crippen LogP contribution in [0.2, 0.25) is 0 Å². The molecule has 1 aromatic carbocycles. The van der Waals surface area contributed by atoms with Crippen molar-refractivity contribution in [3.05, 3.63) is 35.4 Å². The number of ketones is 1.